The van der Waals surface area contributed by atoms with Gasteiger partial charge in [0.15, 0.2) is 5.78 Å². The Morgan fingerprint density at radius 1 is 1.11 bits per heavy atom. The second kappa shape index (κ2) is 5.39. The number of hydrogen-bond acceptors (Lipinski definition) is 2. The van der Waals surface area contributed by atoms with Crippen molar-refractivity contribution >= 4 is 11.8 Å². The SMILES string of the molecule is CC1=CCC(C(=O)O)C(C(=O)c2ccc(C)cc2)C1. The van der Waals surface area contributed by atoms with Crippen molar-refractivity contribution in [1.29, 1.82) is 0 Å². The lowest BCUT2D eigenvalue weighted by Crippen LogP contribution is -2.32. The molecule has 0 aliphatic heterocycles. The molecule has 0 radical (unpaired) electrons. The maximum absolute atomic E-state index is 12.5. The van der Waals surface area contributed by atoms with Gasteiger partial charge in [-0.05, 0) is 26.7 Å². The molecule has 1 aliphatic carbocycles. The summed E-state index contributed by atoms with van der Waals surface area (Å²) in [5, 5.41) is 9.25. The van der Waals surface area contributed by atoms with Gasteiger partial charge in [0.25, 0.3) is 0 Å². The van der Waals surface area contributed by atoms with E-state index in [0.29, 0.717) is 18.4 Å². The fourth-order valence-electron chi connectivity index (χ4n) is 2.55. The molecule has 0 bridgehead atoms. The molecule has 1 aromatic carbocycles. The minimum atomic E-state index is -0.880. The Kier molecular flexibility index (Phi) is 3.84. The molecule has 3 heteroatoms. The normalized spacial score (nSPS) is 22.7. The monoisotopic (exact) mass is 258 g/mol. The fourth-order valence-corrected chi connectivity index (χ4v) is 2.55. The molecule has 2 atom stereocenters. The molecule has 1 aliphatic rings. The molecule has 0 aromatic heterocycles. The summed E-state index contributed by atoms with van der Waals surface area (Å²) in [4.78, 5) is 23.8. The lowest BCUT2D eigenvalue weighted by molar-refractivity contribution is -0.143. The number of carboxylic acid groups (broad SMARTS) is 1. The van der Waals surface area contributed by atoms with Crippen LogP contribution in [0.25, 0.3) is 0 Å². The summed E-state index contributed by atoms with van der Waals surface area (Å²) in [5.74, 6) is -1.98. The van der Waals surface area contributed by atoms with Gasteiger partial charge in [-0.3, -0.25) is 9.59 Å². The van der Waals surface area contributed by atoms with Gasteiger partial charge >= 0.3 is 5.97 Å². The summed E-state index contributed by atoms with van der Waals surface area (Å²) >= 11 is 0. The molecule has 0 heterocycles. The van der Waals surface area contributed by atoms with Crippen LogP contribution in [0.15, 0.2) is 35.9 Å². The van der Waals surface area contributed by atoms with Crippen molar-refractivity contribution in [3.8, 4) is 0 Å². The summed E-state index contributed by atoms with van der Waals surface area (Å²) in [7, 11) is 0. The lowest BCUT2D eigenvalue weighted by atomic mass is 9.76. The highest BCUT2D eigenvalue weighted by molar-refractivity contribution is 6.00. The van der Waals surface area contributed by atoms with Gasteiger partial charge in [0.1, 0.15) is 0 Å². The summed E-state index contributed by atoms with van der Waals surface area (Å²) in [6.07, 6.45) is 2.92. The third kappa shape index (κ3) is 2.92. The van der Waals surface area contributed by atoms with E-state index in [1.807, 2.05) is 32.1 Å². The van der Waals surface area contributed by atoms with Crippen LogP contribution in [0.3, 0.4) is 0 Å². The number of aryl methyl sites for hydroxylation is 1. The zero-order valence-electron chi connectivity index (χ0n) is 11.2. The summed E-state index contributed by atoms with van der Waals surface area (Å²) in [6, 6.07) is 7.33. The van der Waals surface area contributed by atoms with E-state index >= 15 is 0 Å². The summed E-state index contributed by atoms with van der Waals surface area (Å²) < 4.78 is 0. The van der Waals surface area contributed by atoms with Crippen LogP contribution in [0.5, 0.6) is 0 Å². The lowest BCUT2D eigenvalue weighted by Gasteiger charge is -2.26. The van der Waals surface area contributed by atoms with Gasteiger partial charge in [0, 0.05) is 11.5 Å². The molecule has 1 N–H and O–H groups in total. The third-order valence-corrected chi connectivity index (χ3v) is 3.74. The van der Waals surface area contributed by atoms with E-state index in [1.54, 1.807) is 12.1 Å². The number of carbonyl (C=O) groups excluding carboxylic acids is 1. The Morgan fingerprint density at radius 3 is 2.32 bits per heavy atom. The molecule has 100 valence electrons. The Morgan fingerprint density at radius 2 is 1.74 bits per heavy atom. The van der Waals surface area contributed by atoms with Crippen LogP contribution in [0.1, 0.15) is 35.7 Å². The van der Waals surface area contributed by atoms with Crippen molar-refractivity contribution in [3.05, 3.63) is 47.0 Å². The van der Waals surface area contributed by atoms with E-state index in [0.717, 1.165) is 11.1 Å². The zero-order chi connectivity index (χ0) is 14.0. The molecule has 0 saturated carbocycles. The number of rotatable bonds is 3. The standard InChI is InChI=1S/C16H18O3/c1-10-3-6-12(7-4-10)15(17)14-9-11(2)5-8-13(14)16(18)19/h3-7,13-14H,8-9H2,1-2H3,(H,18,19). The first-order valence-electron chi connectivity index (χ1n) is 6.48. The van der Waals surface area contributed by atoms with Crippen molar-refractivity contribution in [3.63, 3.8) is 0 Å². The van der Waals surface area contributed by atoms with Crippen LogP contribution < -0.4 is 0 Å². The smallest absolute Gasteiger partial charge is 0.307 e. The van der Waals surface area contributed by atoms with E-state index in [-0.39, 0.29) is 5.78 Å². The van der Waals surface area contributed by atoms with Crippen LogP contribution >= 0.6 is 0 Å². The number of carbonyl (C=O) groups is 2. The van der Waals surface area contributed by atoms with E-state index in [4.69, 9.17) is 0 Å². The first kappa shape index (κ1) is 13.5. The van der Waals surface area contributed by atoms with Gasteiger partial charge in [-0.25, -0.2) is 0 Å². The average molecular weight is 258 g/mol. The van der Waals surface area contributed by atoms with Gasteiger partial charge in [-0.2, -0.15) is 0 Å². The molecule has 0 saturated heterocycles. The molecule has 1 aromatic rings. The van der Waals surface area contributed by atoms with Gasteiger partial charge in [0.05, 0.1) is 5.92 Å². The number of allylic oxidation sites excluding steroid dienone is 2. The van der Waals surface area contributed by atoms with E-state index < -0.39 is 17.8 Å². The Labute approximate surface area is 113 Å². The first-order chi connectivity index (χ1) is 8.99. The fraction of sp³-hybridized carbons (Fsp3) is 0.375. The predicted octanol–water partition coefficient (Wildman–Crippen LogP) is 3.23. The second-order valence-electron chi connectivity index (χ2n) is 5.27. The first-order valence-corrected chi connectivity index (χ1v) is 6.48. The number of benzene rings is 1. The summed E-state index contributed by atoms with van der Waals surface area (Å²) in [6.45, 7) is 3.91. The molecule has 19 heavy (non-hydrogen) atoms. The molecule has 0 spiro atoms. The Hall–Kier alpha value is -1.90. The zero-order valence-corrected chi connectivity index (χ0v) is 11.2. The quantitative estimate of drug-likeness (QED) is 0.669. The molecular weight excluding hydrogens is 240 g/mol. The molecule has 2 rings (SSSR count). The number of aliphatic carboxylic acids is 1. The molecular formula is C16H18O3. The number of ketones is 1. The molecule has 3 nitrogen and oxygen atoms in total. The van der Waals surface area contributed by atoms with Crippen LogP contribution in [0.2, 0.25) is 0 Å². The number of carboxylic acids is 1. The van der Waals surface area contributed by atoms with E-state index in [9.17, 15) is 14.7 Å². The minimum absolute atomic E-state index is 0.0557. The molecule has 0 fully saturated rings. The van der Waals surface area contributed by atoms with Gasteiger partial charge < -0.3 is 5.11 Å². The minimum Gasteiger partial charge on any atom is -0.481 e. The number of Topliss-reactive ketones (excluding diaryl/α,β-unsaturated/α-hetero) is 1. The van der Waals surface area contributed by atoms with Crippen LogP contribution in [-0.4, -0.2) is 16.9 Å². The Bertz CT molecular complexity index is 525. The van der Waals surface area contributed by atoms with Crippen molar-refractivity contribution in [1.82, 2.24) is 0 Å². The maximum atomic E-state index is 12.5. The van der Waals surface area contributed by atoms with Gasteiger partial charge in [-0.15, -0.1) is 0 Å². The van der Waals surface area contributed by atoms with Gasteiger partial charge in [0.2, 0.25) is 0 Å². The number of hydrogen-bond donors (Lipinski definition) is 1. The van der Waals surface area contributed by atoms with Gasteiger partial charge in [-0.1, -0.05) is 41.5 Å². The average Bonchev–Trinajstić information content (AvgIpc) is 2.38. The third-order valence-electron chi connectivity index (χ3n) is 3.74. The van der Waals surface area contributed by atoms with Crippen molar-refractivity contribution < 1.29 is 14.7 Å². The van der Waals surface area contributed by atoms with Crippen LogP contribution in [0, 0.1) is 18.8 Å². The van der Waals surface area contributed by atoms with Crippen molar-refractivity contribution in [2.24, 2.45) is 11.8 Å². The Balaban J connectivity index is 2.27. The van der Waals surface area contributed by atoms with Crippen LogP contribution in [-0.2, 0) is 4.79 Å². The van der Waals surface area contributed by atoms with E-state index in [1.165, 1.54) is 0 Å². The molecule has 0 amide bonds. The largest absolute Gasteiger partial charge is 0.481 e. The highest BCUT2D eigenvalue weighted by Gasteiger charge is 2.35. The second-order valence-corrected chi connectivity index (χ2v) is 5.27. The highest BCUT2D eigenvalue weighted by atomic mass is 16.4. The van der Waals surface area contributed by atoms with Crippen molar-refractivity contribution in [2.75, 3.05) is 0 Å². The predicted molar refractivity (Wildman–Crippen MR) is 73.1 cm³/mol. The highest BCUT2D eigenvalue weighted by Crippen LogP contribution is 2.32. The summed E-state index contributed by atoms with van der Waals surface area (Å²) in [5.41, 5.74) is 2.80. The van der Waals surface area contributed by atoms with Crippen LogP contribution in [0.4, 0.5) is 0 Å². The van der Waals surface area contributed by atoms with Crippen molar-refractivity contribution in [2.45, 2.75) is 26.7 Å². The van der Waals surface area contributed by atoms with E-state index in [2.05, 4.69) is 0 Å². The maximum Gasteiger partial charge on any atom is 0.307 e. The topological polar surface area (TPSA) is 54.4 Å². The molecule has 2 unspecified atom stereocenters.